The highest BCUT2D eigenvalue weighted by Crippen LogP contribution is 2.42. The molecule has 0 bridgehead atoms. The molecule has 7 aromatic rings. The molecule has 2 unspecified atom stereocenters. The molecule has 4 heterocycles. The summed E-state index contributed by atoms with van der Waals surface area (Å²) >= 11 is 4.85. The summed E-state index contributed by atoms with van der Waals surface area (Å²) in [6, 6.07) is 43.6. The van der Waals surface area contributed by atoms with Gasteiger partial charge in [0, 0.05) is 22.3 Å². The summed E-state index contributed by atoms with van der Waals surface area (Å²) < 4.78 is 1.11. The van der Waals surface area contributed by atoms with Gasteiger partial charge in [-0.05, 0) is 6.08 Å². The predicted octanol–water partition coefficient (Wildman–Crippen LogP) is 11.0. The van der Waals surface area contributed by atoms with Gasteiger partial charge in [0.05, 0.1) is 46.1 Å². The molecule has 0 amide bonds. The Morgan fingerprint density at radius 1 is 0.576 bits per heavy atom. The van der Waals surface area contributed by atoms with Gasteiger partial charge in [-0.15, -0.1) is 22.7 Å². The first-order valence-corrected chi connectivity index (χ1v) is 22.3. The number of rotatable bonds is 8. The second-order valence-electron chi connectivity index (χ2n) is 13.1. The number of aromatic nitrogens is 3. The van der Waals surface area contributed by atoms with E-state index in [9.17, 15) is 21.0 Å². The SMILES string of the molecule is [C-]#[N+]/C(C#N)=C1/N=C(c2ccccc2)C(=Nc2sc(C(C#N)[N+]#[C-])nc2-c2ccccc2)S1.[C-]#[N+]/C(C#N)=c1/nc(-c2ccccc2)/c(=C/c2sc(C(C#N)[N+]#[C-])nc2-c2ccccc2)s1. The predicted molar refractivity (Wildman–Crippen MR) is 258 cm³/mol. The summed E-state index contributed by atoms with van der Waals surface area (Å²) in [5.74, 6) is 0. The Labute approximate surface area is 394 Å². The van der Waals surface area contributed by atoms with Gasteiger partial charge in [-0.25, -0.2) is 58.3 Å². The Hall–Kier alpha value is -9.14. The van der Waals surface area contributed by atoms with Gasteiger partial charge in [-0.3, -0.25) is 9.69 Å². The largest absolute Gasteiger partial charge is 0.358 e. The number of aliphatic imine (C=N–C) groups is 2. The van der Waals surface area contributed by atoms with Gasteiger partial charge >= 0.3 is 12.1 Å². The molecule has 2 atom stereocenters. The summed E-state index contributed by atoms with van der Waals surface area (Å²) in [7, 11) is 0. The van der Waals surface area contributed by atoms with Crippen LogP contribution < -0.4 is 9.20 Å². The Kier molecular flexibility index (Phi) is 14.5. The van der Waals surface area contributed by atoms with Gasteiger partial charge < -0.3 is 0 Å². The van der Waals surface area contributed by atoms with Crippen LogP contribution in [0.2, 0.25) is 0 Å². The molecule has 13 nitrogen and oxygen atoms in total. The average molecular weight is 922 g/mol. The Morgan fingerprint density at radius 2 is 1.06 bits per heavy atom. The molecule has 1 aliphatic heterocycles. The average Bonchev–Trinajstić information content (AvgIpc) is 4.19. The van der Waals surface area contributed by atoms with Crippen molar-refractivity contribution in [1.29, 1.82) is 21.0 Å². The molecule has 3 aromatic heterocycles. The van der Waals surface area contributed by atoms with Gasteiger partial charge in [-0.2, -0.15) is 10.5 Å². The van der Waals surface area contributed by atoms with E-state index in [1.54, 1.807) is 0 Å². The zero-order valence-electron chi connectivity index (χ0n) is 33.7. The van der Waals surface area contributed by atoms with Crippen LogP contribution >= 0.6 is 45.8 Å². The molecule has 0 spiro atoms. The molecule has 0 N–H and O–H groups in total. The minimum atomic E-state index is -1.02. The van der Waals surface area contributed by atoms with Crippen molar-refractivity contribution in [2.24, 2.45) is 9.98 Å². The van der Waals surface area contributed by atoms with Crippen LogP contribution in [-0.2, 0) is 0 Å². The smallest absolute Gasteiger partial charge is 0.289 e. The van der Waals surface area contributed by atoms with E-state index in [2.05, 4.69) is 39.3 Å². The van der Waals surface area contributed by atoms with Crippen LogP contribution in [0.25, 0.3) is 64.9 Å². The minimum Gasteiger partial charge on any atom is -0.289 e. The molecule has 1 aliphatic rings. The maximum Gasteiger partial charge on any atom is 0.358 e. The van der Waals surface area contributed by atoms with Crippen molar-refractivity contribution < 1.29 is 0 Å². The van der Waals surface area contributed by atoms with Gasteiger partial charge in [0.2, 0.25) is 0 Å². The first-order chi connectivity index (χ1) is 32.4. The molecule has 0 saturated heterocycles. The summed E-state index contributed by atoms with van der Waals surface area (Å²) in [6.07, 6.45) is 1.91. The van der Waals surface area contributed by atoms with Crippen molar-refractivity contribution in [2.75, 3.05) is 0 Å². The molecule has 0 fully saturated rings. The van der Waals surface area contributed by atoms with Crippen molar-refractivity contribution in [3.05, 3.63) is 207 Å². The molecular formula is C49H23N13S4. The van der Waals surface area contributed by atoms with E-state index in [1.165, 1.54) is 34.0 Å². The Balaban J connectivity index is 0.000000196. The van der Waals surface area contributed by atoms with Crippen LogP contribution in [0.4, 0.5) is 5.00 Å². The Morgan fingerprint density at radius 3 is 1.56 bits per heavy atom. The van der Waals surface area contributed by atoms with Crippen molar-refractivity contribution in [3.63, 3.8) is 0 Å². The lowest BCUT2D eigenvalue weighted by Crippen LogP contribution is -2.07. The number of nitriles is 4. The number of hydrogen-bond donors (Lipinski definition) is 0. The normalized spacial score (nSPS) is 14.4. The van der Waals surface area contributed by atoms with Crippen LogP contribution in [0, 0.1) is 71.6 Å². The summed E-state index contributed by atoms with van der Waals surface area (Å²) in [6.45, 7) is 29.2. The number of hydrogen-bond acceptors (Lipinski definition) is 13. The van der Waals surface area contributed by atoms with Crippen molar-refractivity contribution in [2.45, 2.75) is 12.1 Å². The minimum absolute atomic E-state index is 0.0670. The van der Waals surface area contributed by atoms with E-state index in [0.717, 1.165) is 43.4 Å². The third-order valence-electron chi connectivity index (χ3n) is 9.02. The highest BCUT2D eigenvalue weighted by molar-refractivity contribution is 8.19. The fourth-order valence-electron chi connectivity index (χ4n) is 6.01. The van der Waals surface area contributed by atoms with Crippen LogP contribution in [-0.4, -0.2) is 25.7 Å². The zero-order chi connectivity index (χ0) is 46.4. The van der Waals surface area contributed by atoms with Crippen LogP contribution in [0.1, 0.15) is 32.5 Å². The Bertz CT molecular complexity index is 3490. The highest BCUT2D eigenvalue weighted by atomic mass is 32.2. The van der Waals surface area contributed by atoms with E-state index in [4.69, 9.17) is 31.3 Å². The molecule has 17 heteroatoms. The molecule has 0 radical (unpaired) electrons. The van der Waals surface area contributed by atoms with E-state index in [1.807, 2.05) is 152 Å². The van der Waals surface area contributed by atoms with Gasteiger partial charge in [0.25, 0.3) is 11.4 Å². The third kappa shape index (κ3) is 9.89. The molecular weight excluding hydrogens is 899 g/mol. The van der Waals surface area contributed by atoms with E-state index in [0.29, 0.717) is 47.5 Å². The molecule has 308 valence electrons. The van der Waals surface area contributed by atoms with Crippen LogP contribution in [0.3, 0.4) is 0 Å². The lowest BCUT2D eigenvalue weighted by Gasteiger charge is -2.03. The van der Waals surface area contributed by atoms with Crippen LogP contribution in [0.5, 0.6) is 0 Å². The van der Waals surface area contributed by atoms with Gasteiger partial charge in [0.15, 0.2) is 22.2 Å². The number of thiazole rings is 3. The summed E-state index contributed by atoms with van der Waals surface area (Å²) in [4.78, 5) is 37.2. The molecule has 4 aromatic carbocycles. The maximum atomic E-state index is 9.37. The van der Waals surface area contributed by atoms with Gasteiger partial charge in [0.1, 0.15) is 31.1 Å². The van der Waals surface area contributed by atoms with Crippen molar-refractivity contribution in [3.8, 4) is 58.0 Å². The van der Waals surface area contributed by atoms with E-state index < -0.39 is 12.1 Å². The maximum absolute atomic E-state index is 9.37. The number of benzene rings is 4. The van der Waals surface area contributed by atoms with Crippen molar-refractivity contribution in [1.82, 2.24) is 15.0 Å². The highest BCUT2D eigenvalue weighted by Gasteiger charge is 2.28. The molecule has 66 heavy (non-hydrogen) atoms. The first-order valence-electron chi connectivity index (χ1n) is 19.0. The lowest BCUT2D eigenvalue weighted by molar-refractivity contribution is 1.05. The van der Waals surface area contributed by atoms with E-state index >= 15 is 0 Å². The number of nitrogens with zero attached hydrogens (tertiary/aromatic N) is 13. The zero-order valence-corrected chi connectivity index (χ0v) is 37.0. The fourth-order valence-corrected chi connectivity index (χ4v) is 9.98. The molecule has 8 rings (SSSR count). The standard InChI is InChI=1S/C25H12N6S2.C24H11N7S2/c1-28-18(14-26)24-30-22(16-9-5-3-6-10-16)20(32-24)13-21-23(17-11-7-4-8-12-17)31-25(33-21)19(15-27)29-2;1-27-17(13-25)21-29-19(15-9-5-3-6-10-15)23(32-21)31-24-20(16-11-7-4-8-12-16)30-22(33-24)18(14-26)28-2/h3-13,18H;3-12,17H/b21-13-,25-19-;22-18-,31-24?. The van der Waals surface area contributed by atoms with Crippen molar-refractivity contribution >= 4 is 73.3 Å². The van der Waals surface area contributed by atoms with Gasteiger partial charge in [-0.1, -0.05) is 144 Å². The third-order valence-corrected chi connectivity index (χ3v) is 13.0. The topological polar surface area (TPSA) is 176 Å². The molecule has 0 aliphatic carbocycles. The van der Waals surface area contributed by atoms with E-state index in [-0.39, 0.29) is 16.4 Å². The fraction of sp³-hybridized carbons (Fsp3) is 0.0408. The second-order valence-corrected chi connectivity index (χ2v) is 17.1. The number of allylic oxidation sites excluding steroid dienone is 1. The first kappa shape index (κ1) is 44.9. The quantitative estimate of drug-likeness (QED) is 0.107. The summed E-state index contributed by atoms with van der Waals surface area (Å²) in [5.41, 5.74) is 5.57. The lowest BCUT2D eigenvalue weighted by atomic mass is 10.1. The van der Waals surface area contributed by atoms with Crippen LogP contribution in [0.15, 0.2) is 142 Å². The second kappa shape index (κ2) is 21.3. The number of thioether (sulfide) groups is 1. The monoisotopic (exact) mass is 921 g/mol. The summed E-state index contributed by atoms with van der Waals surface area (Å²) in [5, 5.41) is 39.5. The molecule has 0 saturated carbocycles.